The van der Waals surface area contributed by atoms with E-state index in [0.717, 1.165) is 0 Å². The fourth-order valence-corrected chi connectivity index (χ4v) is 1.13. The molecule has 2 nitrogen and oxygen atoms in total. The number of rotatable bonds is 5. The Morgan fingerprint density at radius 3 is 2.30 bits per heavy atom. The first kappa shape index (κ1) is 9.92. The molecule has 0 amide bonds. The second kappa shape index (κ2) is 5.69. The molecule has 0 aromatic carbocycles. The van der Waals surface area contributed by atoms with Crippen LogP contribution in [0.2, 0.25) is 0 Å². The molecule has 0 bridgehead atoms. The van der Waals surface area contributed by atoms with E-state index in [1.54, 1.807) is 0 Å². The van der Waals surface area contributed by atoms with E-state index in [-0.39, 0.29) is 0 Å². The molecule has 0 aliphatic carbocycles. The molecular weight excluding hydrogens is 124 g/mol. The number of hydrogen-bond donors (Lipinski definition) is 2. The fourth-order valence-electron chi connectivity index (χ4n) is 1.13. The molecule has 1 unspecified atom stereocenters. The van der Waals surface area contributed by atoms with E-state index in [9.17, 15) is 0 Å². The minimum Gasteiger partial charge on any atom is -0.318 e. The largest absolute Gasteiger partial charge is 0.318 e. The third kappa shape index (κ3) is 3.85. The predicted molar refractivity (Wildman–Crippen MR) is 45.7 cm³/mol. The minimum atomic E-state index is 0.600. The quantitative estimate of drug-likeness (QED) is 0.571. The Morgan fingerprint density at radius 2 is 2.00 bits per heavy atom. The van der Waals surface area contributed by atoms with Gasteiger partial charge in [0.1, 0.15) is 0 Å². The van der Waals surface area contributed by atoms with Gasteiger partial charge >= 0.3 is 0 Å². The van der Waals surface area contributed by atoms with Crippen LogP contribution in [0.25, 0.3) is 0 Å². The zero-order chi connectivity index (χ0) is 7.98. The van der Waals surface area contributed by atoms with Gasteiger partial charge in [0.2, 0.25) is 0 Å². The van der Waals surface area contributed by atoms with E-state index in [1.165, 1.54) is 12.8 Å². The van der Waals surface area contributed by atoms with Crippen molar-refractivity contribution in [3.05, 3.63) is 0 Å². The van der Waals surface area contributed by atoms with Crippen LogP contribution in [-0.4, -0.2) is 12.7 Å². The normalized spacial score (nSPS) is 14.1. The summed E-state index contributed by atoms with van der Waals surface area (Å²) in [4.78, 5) is 0. The van der Waals surface area contributed by atoms with E-state index < -0.39 is 0 Å². The van der Waals surface area contributed by atoms with Gasteiger partial charge in [-0.25, -0.2) is 0 Å². The van der Waals surface area contributed by atoms with Crippen LogP contribution in [0.1, 0.15) is 33.6 Å². The summed E-state index contributed by atoms with van der Waals surface area (Å²) in [6.45, 7) is 7.25. The molecule has 0 saturated carbocycles. The van der Waals surface area contributed by atoms with Crippen LogP contribution in [0, 0.1) is 5.92 Å². The molecule has 2 heteroatoms. The van der Waals surface area contributed by atoms with E-state index >= 15 is 0 Å². The maximum Gasteiger partial charge on any atom is 0.0430 e. The van der Waals surface area contributed by atoms with Crippen molar-refractivity contribution in [2.24, 2.45) is 11.7 Å². The lowest BCUT2D eigenvalue weighted by molar-refractivity contribution is 0.379. The fraction of sp³-hybridized carbons (Fsp3) is 1.00. The molecule has 0 fully saturated rings. The zero-order valence-electron chi connectivity index (χ0n) is 7.35. The molecule has 0 rings (SSSR count). The maximum absolute atomic E-state index is 5.39. The minimum absolute atomic E-state index is 0.600. The van der Waals surface area contributed by atoms with Crippen LogP contribution in [0.15, 0.2) is 0 Å². The lowest BCUT2D eigenvalue weighted by Gasteiger charge is -2.20. The maximum atomic E-state index is 5.39. The molecule has 0 aliphatic rings. The Balaban J connectivity index is 3.50. The van der Waals surface area contributed by atoms with Crippen LogP contribution in [0.5, 0.6) is 0 Å². The van der Waals surface area contributed by atoms with Crippen molar-refractivity contribution in [2.45, 2.75) is 39.7 Å². The molecule has 62 valence electrons. The van der Waals surface area contributed by atoms with Crippen molar-refractivity contribution >= 4 is 0 Å². The highest BCUT2D eigenvalue weighted by Gasteiger charge is 2.09. The first-order chi connectivity index (χ1) is 4.72. The Labute approximate surface area is 64.2 Å². The Morgan fingerprint density at radius 1 is 1.40 bits per heavy atom. The summed E-state index contributed by atoms with van der Waals surface area (Å²) in [5.74, 6) is 0.698. The van der Waals surface area contributed by atoms with Crippen molar-refractivity contribution < 1.29 is 0 Å². The van der Waals surface area contributed by atoms with Gasteiger partial charge in [-0.3, -0.25) is 0 Å². The second-order valence-electron chi connectivity index (χ2n) is 3.05. The Kier molecular flexibility index (Phi) is 5.64. The topological polar surface area (TPSA) is 38.0 Å². The average molecular weight is 144 g/mol. The average Bonchev–Trinajstić information content (AvgIpc) is 1.87. The van der Waals surface area contributed by atoms with Gasteiger partial charge in [-0.1, -0.05) is 27.2 Å². The molecule has 0 aromatic rings. The van der Waals surface area contributed by atoms with Gasteiger partial charge in [-0.2, -0.15) is 0 Å². The van der Waals surface area contributed by atoms with Crippen LogP contribution in [0.3, 0.4) is 0 Å². The summed E-state index contributed by atoms with van der Waals surface area (Å²) in [5, 5.41) is 3.26. The molecule has 3 N–H and O–H groups in total. The first-order valence-electron chi connectivity index (χ1n) is 4.15. The highest BCUT2D eigenvalue weighted by molar-refractivity contribution is 4.67. The van der Waals surface area contributed by atoms with E-state index in [1.807, 2.05) is 0 Å². The van der Waals surface area contributed by atoms with Gasteiger partial charge in [0, 0.05) is 12.7 Å². The molecule has 0 radical (unpaired) electrons. The van der Waals surface area contributed by atoms with Crippen LogP contribution in [-0.2, 0) is 0 Å². The van der Waals surface area contributed by atoms with E-state index in [4.69, 9.17) is 5.73 Å². The number of hydrogen-bond acceptors (Lipinski definition) is 2. The molecule has 0 aliphatic heterocycles. The highest BCUT2D eigenvalue weighted by atomic mass is 15.0. The standard InChI is InChI=1S/C8H20N2/c1-4-5-8(7(2)3)10-6-9/h7-8,10H,4-6,9H2,1-3H3. The van der Waals surface area contributed by atoms with Crippen molar-refractivity contribution in [1.82, 2.24) is 5.32 Å². The van der Waals surface area contributed by atoms with Gasteiger partial charge in [-0.05, 0) is 12.3 Å². The molecule has 1 atom stereocenters. The Hall–Kier alpha value is -0.0800. The van der Waals surface area contributed by atoms with Crippen molar-refractivity contribution in [3.63, 3.8) is 0 Å². The summed E-state index contributed by atoms with van der Waals surface area (Å²) in [7, 11) is 0. The summed E-state index contributed by atoms with van der Waals surface area (Å²) in [5.41, 5.74) is 5.39. The molecule has 0 saturated heterocycles. The predicted octanol–water partition coefficient (Wildman–Crippen LogP) is 1.32. The lowest BCUT2D eigenvalue weighted by Crippen LogP contribution is -2.37. The molecule has 0 aromatic heterocycles. The smallest absolute Gasteiger partial charge is 0.0430 e. The third-order valence-corrected chi connectivity index (χ3v) is 1.78. The van der Waals surface area contributed by atoms with Gasteiger partial charge in [-0.15, -0.1) is 0 Å². The van der Waals surface area contributed by atoms with Crippen LogP contribution in [0.4, 0.5) is 0 Å². The molecular formula is C8H20N2. The third-order valence-electron chi connectivity index (χ3n) is 1.78. The SMILES string of the molecule is CCCC(NCN)C(C)C. The van der Waals surface area contributed by atoms with Crippen molar-refractivity contribution in [1.29, 1.82) is 0 Å². The molecule has 0 spiro atoms. The summed E-state index contributed by atoms with van der Waals surface area (Å²) < 4.78 is 0. The monoisotopic (exact) mass is 144 g/mol. The van der Waals surface area contributed by atoms with Gasteiger partial charge < -0.3 is 11.1 Å². The lowest BCUT2D eigenvalue weighted by atomic mass is 10.00. The molecule has 10 heavy (non-hydrogen) atoms. The van der Waals surface area contributed by atoms with E-state index in [2.05, 4.69) is 26.1 Å². The van der Waals surface area contributed by atoms with Gasteiger partial charge in [0.05, 0.1) is 0 Å². The Bertz CT molecular complexity index is 65.7. The summed E-state index contributed by atoms with van der Waals surface area (Å²) in [6, 6.07) is 0.606. The van der Waals surface area contributed by atoms with Crippen molar-refractivity contribution in [2.75, 3.05) is 6.67 Å². The second-order valence-corrected chi connectivity index (χ2v) is 3.05. The zero-order valence-corrected chi connectivity index (χ0v) is 7.35. The van der Waals surface area contributed by atoms with Gasteiger partial charge in [0.25, 0.3) is 0 Å². The number of nitrogens with one attached hydrogen (secondary N) is 1. The summed E-state index contributed by atoms with van der Waals surface area (Å²) >= 11 is 0. The van der Waals surface area contributed by atoms with Gasteiger partial charge in [0.15, 0.2) is 0 Å². The van der Waals surface area contributed by atoms with E-state index in [0.29, 0.717) is 18.6 Å². The highest BCUT2D eigenvalue weighted by Crippen LogP contribution is 2.06. The van der Waals surface area contributed by atoms with Crippen molar-refractivity contribution in [3.8, 4) is 0 Å². The summed E-state index contributed by atoms with van der Waals surface area (Å²) in [6.07, 6.45) is 2.46. The first-order valence-corrected chi connectivity index (χ1v) is 4.15. The van der Waals surface area contributed by atoms with Crippen LogP contribution >= 0.6 is 0 Å². The number of nitrogens with two attached hydrogens (primary N) is 1. The molecule has 0 heterocycles. The van der Waals surface area contributed by atoms with Crippen LogP contribution < -0.4 is 11.1 Å².